The third-order valence-corrected chi connectivity index (χ3v) is 2.95. The molecule has 0 bridgehead atoms. The Balaban J connectivity index is 2.40. The number of furan rings is 1. The monoisotopic (exact) mass is 240 g/mol. The molecule has 0 spiro atoms. The topological polar surface area (TPSA) is 13.1 Å². The highest BCUT2D eigenvalue weighted by Gasteiger charge is 2.05. The van der Waals surface area contributed by atoms with E-state index in [0.29, 0.717) is 10.0 Å². The van der Waals surface area contributed by atoms with E-state index >= 15 is 0 Å². The van der Waals surface area contributed by atoms with Gasteiger partial charge in [0.15, 0.2) is 0 Å². The van der Waals surface area contributed by atoms with Crippen molar-refractivity contribution in [1.82, 2.24) is 0 Å². The van der Waals surface area contributed by atoms with E-state index in [1.807, 2.05) is 24.3 Å². The second kappa shape index (κ2) is 4.30. The number of aryl methyl sites for hydroxylation is 1. The number of hydrogen-bond acceptors (Lipinski definition) is 1. The van der Waals surface area contributed by atoms with Crippen LogP contribution in [0.3, 0.4) is 0 Å². The van der Waals surface area contributed by atoms with Gasteiger partial charge in [0.2, 0.25) is 0 Å². The molecule has 0 fully saturated rings. The lowest BCUT2D eigenvalue weighted by Gasteiger charge is -1.99. The van der Waals surface area contributed by atoms with Crippen LogP contribution in [0.4, 0.5) is 0 Å². The molecule has 0 unspecified atom stereocenters. The van der Waals surface area contributed by atoms with E-state index < -0.39 is 0 Å². The minimum atomic E-state index is 0.545. The Morgan fingerprint density at radius 2 is 1.87 bits per heavy atom. The SMILES string of the molecule is CCc1ccc(-c2ccc(Cl)c(Cl)c2)o1. The molecule has 1 aromatic heterocycles. The Morgan fingerprint density at radius 3 is 2.47 bits per heavy atom. The summed E-state index contributed by atoms with van der Waals surface area (Å²) >= 11 is 11.8. The van der Waals surface area contributed by atoms with Gasteiger partial charge in [0.1, 0.15) is 11.5 Å². The van der Waals surface area contributed by atoms with E-state index in [0.717, 1.165) is 23.5 Å². The van der Waals surface area contributed by atoms with Crippen LogP contribution in [0.15, 0.2) is 34.7 Å². The molecule has 0 atom stereocenters. The van der Waals surface area contributed by atoms with Gasteiger partial charge in [-0.25, -0.2) is 0 Å². The number of benzene rings is 1. The average molecular weight is 241 g/mol. The van der Waals surface area contributed by atoms with Crippen molar-refractivity contribution < 1.29 is 4.42 Å². The summed E-state index contributed by atoms with van der Waals surface area (Å²) in [5.74, 6) is 1.79. The zero-order chi connectivity index (χ0) is 10.8. The second-order valence-electron chi connectivity index (χ2n) is 3.25. The second-order valence-corrected chi connectivity index (χ2v) is 4.06. The molecule has 15 heavy (non-hydrogen) atoms. The third kappa shape index (κ3) is 2.19. The summed E-state index contributed by atoms with van der Waals surface area (Å²) in [5.41, 5.74) is 0.948. The maximum Gasteiger partial charge on any atom is 0.134 e. The summed E-state index contributed by atoms with van der Waals surface area (Å²) in [6, 6.07) is 9.39. The highest BCUT2D eigenvalue weighted by Crippen LogP contribution is 2.29. The molecule has 0 aliphatic heterocycles. The molecule has 1 heterocycles. The maximum atomic E-state index is 5.93. The minimum absolute atomic E-state index is 0.545. The van der Waals surface area contributed by atoms with Crippen LogP contribution >= 0.6 is 23.2 Å². The summed E-state index contributed by atoms with van der Waals surface area (Å²) < 4.78 is 5.61. The fraction of sp³-hybridized carbons (Fsp3) is 0.167. The molecule has 0 saturated carbocycles. The quantitative estimate of drug-likeness (QED) is 0.734. The first-order valence-corrected chi connectivity index (χ1v) is 5.50. The zero-order valence-electron chi connectivity index (χ0n) is 8.26. The van der Waals surface area contributed by atoms with E-state index in [4.69, 9.17) is 27.6 Å². The number of rotatable bonds is 2. The molecule has 0 aliphatic rings. The molecular weight excluding hydrogens is 231 g/mol. The van der Waals surface area contributed by atoms with Gasteiger partial charge in [-0.05, 0) is 30.3 Å². The fourth-order valence-electron chi connectivity index (χ4n) is 1.37. The van der Waals surface area contributed by atoms with E-state index in [1.165, 1.54) is 0 Å². The Kier molecular flexibility index (Phi) is 3.03. The molecule has 3 heteroatoms. The first kappa shape index (κ1) is 10.6. The molecule has 0 saturated heterocycles. The van der Waals surface area contributed by atoms with Crippen LogP contribution in [0.25, 0.3) is 11.3 Å². The van der Waals surface area contributed by atoms with Crippen molar-refractivity contribution in [3.05, 3.63) is 46.1 Å². The predicted molar refractivity (Wildman–Crippen MR) is 63.5 cm³/mol. The summed E-state index contributed by atoms with van der Waals surface area (Å²) in [5, 5.41) is 1.10. The number of hydrogen-bond donors (Lipinski definition) is 0. The molecule has 2 aromatic rings. The van der Waals surface area contributed by atoms with Gasteiger partial charge < -0.3 is 4.42 Å². The van der Waals surface area contributed by atoms with Gasteiger partial charge in [-0.2, -0.15) is 0 Å². The van der Waals surface area contributed by atoms with E-state index in [2.05, 4.69) is 6.92 Å². The van der Waals surface area contributed by atoms with Gasteiger partial charge in [-0.15, -0.1) is 0 Å². The van der Waals surface area contributed by atoms with Crippen LogP contribution in [0, 0.1) is 0 Å². The van der Waals surface area contributed by atoms with Gasteiger partial charge in [-0.3, -0.25) is 0 Å². The van der Waals surface area contributed by atoms with Crippen molar-refractivity contribution in [2.75, 3.05) is 0 Å². The average Bonchev–Trinajstić information content (AvgIpc) is 2.70. The van der Waals surface area contributed by atoms with Gasteiger partial charge in [-0.1, -0.05) is 30.1 Å². The van der Waals surface area contributed by atoms with Crippen molar-refractivity contribution in [1.29, 1.82) is 0 Å². The summed E-state index contributed by atoms with van der Waals surface area (Å²) in [6.07, 6.45) is 0.890. The lowest BCUT2D eigenvalue weighted by atomic mass is 10.2. The van der Waals surface area contributed by atoms with Crippen molar-refractivity contribution in [3.63, 3.8) is 0 Å². The molecule has 1 aromatic carbocycles. The normalized spacial score (nSPS) is 10.6. The third-order valence-electron chi connectivity index (χ3n) is 2.21. The molecular formula is C12H10Cl2O. The van der Waals surface area contributed by atoms with Crippen molar-refractivity contribution >= 4 is 23.2 Å². The van der Waals surface area contributed by atoms with Gasteiger partial charge in [0.25, 0.3) is 0 Å². The summed E-state index contributed by atoms with van der Waals surface area (Å²) in [4.78, 5) is 0. The van der Waals surface area contributed by atoms with Crippen molar-refractivity contribution in [2.45, 2.75) is 13.3 Å². The van der Waals surface area contributed by atoms with Crippen LogP contribution in [0.5, 0.6) is 0 Å². The lowest BCUT2D eigenvalue weighted by molar-refractivity contribution is 0.529. The van der Waals surface area contributed by atoms with Crippen molar-refractivity contribution in [3.8, 4) is 11.3 Å². The Labute approximate surface area is 98.6 Å². The lowest BCUT2D eigenvalue weighted by Crippen LogP contribution is -1.75. The largest absolute Gasteiger partial charge is 0.461 e. The van der Waals surface area contributed by atoms with Gasteiger partial charge >= 0.3 is 0 Å². The van der Waals surface area contributed by atoms with Crippen LogP contribution in [0.2, 0.25) is 10.0 Å². The number of halogens is 2. The standard InChI is InChI=1S/C12H10Cl2O/c1-2-9-4-6-12(15-9)8-3-5-10(13)11(14)7-8/h3-7H,2H2,1H3. The predicted octanol–water partition coefficient (Wildman–Crippen LogP) is 4.82. The van der Waals surface area contributed by atoms with E-state index in [1.54, 1.807) is 6.07 Å². The molecule has 0 radical (unpaired) electrons. The molecule has 0 aliphatic carbocycles. The first-order chi connectivity index (χ1) is 7.20. The highest BCUT2D eigenvalue weighted by molar-refractivity contribution is 6.42. The Morgan fingerprint density at radius 1 is 1.07 bits per heavy atom. The molecule has 0 amide bonds. The Bertz CT molecular complexity index is 474. The van der Waals surface area contributed by atoms with Crippen LogP contribution in [0.1, 0.15) is 12.7 Å². The molecule has 78 valence electrons. The smallest absolute Gasteiger partial charge is 0.134 e. The van der Waals surface area contributed by atoms with Gasteiger partial charge in [0, 0.05) is 12.0 Å². The minimum Gasteiger partial charge on any atom is -0.461 e. The van der Waals surface area contributed by atoms with Crippen LogP contribution in [-0.4, -0.2) is 0 Å². The zero-order valence-corrected chi connectivity index (χ0v) is 9.77. The van der Waals surface area contributed by atoms with E-state index in [-0.39, 0.29) is 0 Å². The molecule has 0 N–H and O–H groups in total. The maximum absolute atomic E-state index is 5.93. The molecule has 1 nitrogen and oxygen atoms in total. The van der Waals surface area contributed by atoms with Gasteiger partial charge in [0.05, 0.1) is 10.0 Å². The summed E-state index contributed by atoms with van der Waals surface area (Å²) in [6.45, 7) is 2.05. The van der Waals surface area contributed by atoms with Crippen LogP contribution < -0.4 is 0 Å². The first-order valence-electron chi connectivity index (χ1n) is 4.75. The van der Waals surface area contributed by atoms with Crippen LogP contribution in [-0.2, 0) is 6.42 Å². The highest BCUT2D eigenvalue weighted by atomic mass is 35.5. The molecule has 2 rings (SSSR count). The van der Waals surface area contributed by atoms with E-state index in [9.17, 15) is 0 Å². The van der Waals surface area contributed by atoms with Crippen molar-refractivity contribution in [2.24, 2.45) is 0 Å². The fourth-order valence-corrected chi connectivity index (χ4v) is 1.67. The summed E-state index contributed by atoms with van der Waals surface area (Å²) in [7, 11) is 0. The Hall–Kier alpha value is -0.920.